The third kappa shape index (κ3) is 8.66. The van der Waals surface area contributed by atoms with Gasteiger partial charge in [-0.3, -0.25) is 4.84 Å². The number of hydroxylamine groups is 1. The van der Waals surface area contributed by atoms with Crippen LogP contribution >= 0.6 is 11.6 Å². The maximum Gasteiger partial charge on any atom is 0.438 e. The van der Waals surface area contributed by atoms with Gasteiger partial charge in [0.15, 0.2) is 11.6 Å². The second-order valence-corrected chi connectivity index (χ2v) is 9.54. The fraction of sp³-hybridized carbons (Fsp3) is 0.161. The molecule has 0 aliphatic carbocycles. The van der Waals surface area contributed by atoms with Gasteiger partial charge in [0, 0.05) is 22.8 Å². The van der Waals surface area contributed by atoms with Crippen LogP contribution in [0.5, 0.6) is 11.9 Å². The minimum Gasteiger partial charge on any atom is -0.472 e. The number of anilines is 2. The maximum atomic E-state index is 12.8. The standard InChI is InChI=1S/C19H18ClN3O4.C12H12FN3O/c1-25-19(24)23(26-2)17-6-4-3-5-14(17)13-27-18-11-12-22(21-18)16-9-7-15(20)8-10-16;1-8-2-4-9(5-3-8)7-17-12-15-6-10(13)11(14)16-12/h3-12H,13H2,1-2H3;2-6H,7H2,1H3,(H2,14,15,16). The number of methoxy groups -OCH3 is 1. The van der Waals surface area contributed by atoms with Crippen LogP contribution < -0.4 is 20.3 Å². The van der Waals surface area contributed by atoms with E-state index in [0.29, 0.717) is 23.2 Å². The number of carbonyl (C=O) groups excluding carboxylic acids is 1. The predicted octanol–water partition coefficient (Wildman–Crippen LogP) is 6.32. The minimum atomic E-state index is -0.646. The predicted molar refractivity (Wildman–Crippen MR) is 163 cm³/mol. The number of hydrogen-bond acceptors (Lipinski definition) is 9. The van der Waals surface area contributed by atoms with Crippen LogP contribution in [0.15, 0.2) is 91.3 Å². The summed E-state index contributed by atoms with van der Waals surface area (Å²) in [5.74, 6) is -0.409. The molecule has 0 fully saturated rings. The van der Waals surface area contributed by atoms with Gasteiger partial charge in [0.2, 0.25) is 5.88 Å². The molecule has 0 radical (unpaired) electrons. The highest BCUT2D eigenvalue weighted by Crippen LogP contribution is 2.23. The lowest BCUT2D eigenvalue weighted by Gasteiger charge is -2.20. The van der Waals surface area contributed by atoms with E-state index < -0.39 is 11.9 Å². The first-order valence-electron chi connectivity index (χ1n) is 13.2. The molecular weight excluding hydrogens is 591 g/mol. The molecule has 44 heavy (non-hydrogen) atoms. The molecular formula is C31H30ClFN6O5. The normalized spacial score (nSPS) is 10.4. The maximum absolute atomic E-state index is 12.8. The lowest BCUT2D eigenvalue weighted by molar-refractivity contribution is 0.115. The molecule has 3 aromatic carbocycles. The summed E-state index contributed by atoms with van der Waals surface area (Å²) in [4.78, 5) is 24.4. The third-order valence-corrected chi connectivity index (χ3v) is 6.25. The molecule has 1 amide bonds. The number of aryl methyl sites for hydroxylation is 1. The number of nitrogen functional groups attached to an aromatic ring is 1. The molecule has 2 heterocycles. The fourth-order valence-corrected chi connectivity index (χ4v) is 3.85. The molecule has 0 aliphatic rings. The summed E-state index contributed by atoms with van der Waals surface area (Å²) in [6.45, 7) is 2.53. The molecule has 0 unspecified atom stereocenters. The van der Waals surface area contributed by atoms with Crippen molar-refractivity contribution in [3.8, 4) is 17.6 Å². The quantitative estimate of drug-likeness (QED) is 0.188. The molecule has 0 bridgehead atoms. The number of rotatable bonds is 9. The van der Waals surface area contributed by atoms with Crippen LogP contribution in [0, 0.1) is 12.7 Å². The van der Waals surface area contributed by atoms with E-state index in [-0.39, 0.29) is 18.4 Å². The van der Waals surface area contributed by atoms with Crippen molar-refractivity contribution in [1.29, 1.82) is 0 Å². The summed E-state index contributed by atoms with van der Waals surface area (Å²) in [6, 6.07) is 24.2. The van der Waals surface area contributed by atoms with E-state index in [1.165, 1.54) is 19.8 Å². The minimum absolute atomic E-state index is 0.0736. The Hall–Kier alpha value is -5.20. The number of halogens is 2. The highest BCUT2D eigenvalue weighted by Gasteiger charge is 2.19. The Morgan fingerprint density at radius 2 is 1.70 bits per heavy atom. The zero-order valence-corrected chi connectivity index (χ0v) is 24.9. The SMILES string of the molecule is COC(=O)N(OC)c1ccccc1COc1ccn(-c2ccc(Cl)cc2)n1.Cc1ccc(COc2ncc(F)c(N)n2)cc1. The summed E-state index contributed by atoms with van der Waals surface area (Å²) >= 11 is 5.91. The topological polar surface area (TPSA) is 127 Å². The Morgan fingerprint density at radius 1 is 0.977 bits per heavy atom. The van der Waals surface area contributed by atoms with Crippen LogP contribution in [0.4, 0.5) is 20.7 Å². The second kappa shape index (κ2) is 15.3. The van der Waals surface area contributed by atoms with Crippen molar-refractivity contribution in [3.05, 3.63) is 119 Å². The van der Waals surface area contributed by atoms with E-state index in [0.717, 1.165) is 28.1 Å². The smallest absolute Gasteiger partial charge is 0.438 e. The number of amides is 1. The van der Waals surface area contributed by atoms with Crippen molar-refractivity contribution in [2.24, 2.45) is 0 Å². The average molecular weight is 621 g/mol. The first-order chi connectivity index (χ1) is 21.3. The van der Waals surface area contributed by atoms with Gasteiger partial charge in [0.25, 0.3) is 0 Å². The zero-order valence-electron chi connectivity index (χ0n) is 24.2. The highest BCUT2D eigenvalue weighted by atomic mass is 35.5. The fourth-order valence-electron chi connectivity index (χ4n) is 3.72. The first-order valence-corrected chi connectivity index (χ1v) is 13.6. The molecule has 228 valence electrons. The van der Waals surface area contributed by atoms with Gasteiger partial charge in [0.1, 0.15) is 13.2 Å². The summed E-state index contributed by atoms with van der Waals surface area (Å²) < 4.78 is 30.3. The van der Waals surface area contributed by atoms with Crippen molar-refractivity contribution in [1.82, 2.24) is 19.7 Å². The molecule has 5 rings (SSSR count). The van der Waals surface area contributed by atoms with Crippen molar-refractivity contribution >= 4 is 29.2 Å². The Labute approximate surface area is 258 Å². The molecule has 0 saturated carbocycles. The number of carbonyl (C=O) groups is 1. The number of aromatic nitrogens is 4. The second-order valence-electron chi connectivity index (χ2n) is 9.10. The van der Waals surface area contributed by atoms with Gasteiger partial charge in [-0.2, -0.15) is 10.0 Å². The van der Waals surface area contributed by atoms with E-state index in [1.807, 2.05) is 55.5 Å². The third-order valence-electron chi connectivity index (χ3n) is 6.00. The number of hydrogen-bond donors (Lipinski definition) is 1. The van der Waals surface area contributed by atoms with Crippen LogP contribution in [0.3, 0.4) is 0 Å². The Bertz CT molecular complexity index is 1670. The lowest BCUT2D eigenvalue weighted by atomic mass is 10.2. The highest BCUT2D eigenvalue weighted by molar-refractivity contribution is 6.30. The Balaban J connectivity index is 0.000000223. The summed E-state index contributed by atoms with van der Waals surface area (Å²) in [5.41, 5.74) is 9.61. The molecule has 5 aromatic rings. The van der Waals surface area contributed by atoms with E-state index in [4.69, 9.17) is 36.4 Å². The number of nitrogens with zero attached hydrogens (tertiary/aromatic N) is 5. The van der Waals surface area contributed by atoms with Crippen molar-refractivity contribution in [2.75, 3.05) is 25.0 Å². The van der Waals surface area contributed by atoms with Crippen LogP contribution in [0.1, 0.15) is 16.7 Å². The summed E-state index contributed by atoms with van der Waals surface area (Å²) in [5, 5.41) is 6.11. The molecule has 2 aromatic heterocycles. The molecule has 0 atom stereocenters. The lowest BCUT2D eigenvalue weighted by Crippen LogP contribution is -2.30. The van der Waals surface area contributed by atoms with Gasteiger partial charge in [-0.05, 0) is 42.8 Å². The van der Waals surface area contributed by atoms with Gasteiger partial charge in [-0.15, -0.1) is 5.10 Å². The molecule has 11 nitrogen and oxygen atoms in total. The van der Waals surface area contributed by atoms with Crippen molar-refractivity contribution < 1.29 is 28.2 Å². The first kappa shape index (κ1) is 31.7. The number of para-hydroxylation sites is 1. The molecule has 13 heteroatoms. The van der Waals surface area contributed by atoms with Crippen LogP contribution in [0.2, 0.25) is 5.02 Å². The molecule has 0 saturated heterocycles. The van der Waals surface area contributed by atoms with Crippen LogP contribution in [-0.4, -0.2) is 40.1 Å². The van der Waals surface area contributed by atoms with E-state index >= 15 is 0 Å². The molecule has 0 aliphatic heterocycles. The van der Waals surface area contributed by atoms with E-state index in [9.17, 15) is 9.18 Å². The number of ether oxygens (including phenoxy) is 3. The van der Waals surface area contributed by atoms with Crippen molar-refractivity contribution in [3.63, 3.8) is 0 Å². The Kier molecular flexibility index (Phi) is 11.0. The molecule has 0 spiro atoms. The Morgan fingerprint density at radius 3 is 2.39 bits per heavy atom. The van der Waals surface area contributed by atoms with Gasteiger partial charge >= 0.3 is 12.1 Å². The average Bonchev–Trinajstić information content (AvgIpc) is 3.52. The van der Waals surface area contributed by atoms with E-state index in [1.54, 1.807) is 41.2 Å². The number of benzene rings is 3. The zero-order chi connectivity index (χ0) is 31.5. The van der Waals surface area contributed by atoms with Crippen LogP contribution in [-0.2, 0) is 22.8 Å². The van der Waals surface area contributed by atoms with Gasteiger partial charge < -0.3 is 19.9 Å². The number of nitrogens with two attached hydrogens (primary N) is 1. The largest absolute Gasteiger partial charge is 0.472 e. The summed E-state index contributed by atoms with van der Waals surface area (Å²) in [7, 11) is 2.68. The van der Waals surface area contributed by atoms with Crippen molar-refractivity contribution in [2.45, 2.75) is 20.1 Å². The van der Waals surface area contributed by atoms with Gasteiger partial charge in [0.05, 0.1) is 31.8 Å². The summed E-state index contributed by atoms with van der Waals surface area (Å²) in [6.07, 6.45) is 2.16. The monoisotopic (exact) mass is 620 g/mol. The van der Waals surface area contributed by atoms with E-state index in [2.05, 4.69) is 15.1 Å². The molecule has 2 N–H and O–H groups in total. The van der Waals surface area contributed by atoms with Gasteiger partial charge in [-0.1, -0.05) is 59.6 Å². The van der Waals surface area contributed by atoms with Gasteiger partial charge in [-0.25, -0.2) is 18.9 Å². The van der Waals surface area contributed by atoms with Crippen LogP contribution in [0.25, 0.3) is 5.69 Å².